The second-order valence-electron chi connectivity index (χ2n) is 8.43. The predicted octanol–water partition coefficient (Wildman–Crippen LogP) is 2.40. The van der Waals surface area contributed by atoms with Crippen molar-refractivity contribution in [1.29, 1.82) is 0 Å². The SMILES string of the molecule is COC(=O)C[C@@H](CC(C)C)C(=O)N[C@@H](Cc1ccncc1)C(=O)NCCc1ccc(O)cc1. The van der Waals surface area contributed by atoms with Crippen LogP contribution in [0.25, 0.3) is 0 Å². The number of hydrogen-bond acceptors (Lipinski definition) is 6. The minimum absolute atomic E-state index is 0.0367. The van der Waals surface area contributed by atoms with Crippen LogP contribution in [0, 0.1) is 11.8 Å². The number of pyridine rings is 1. The van der Waals surface area contributed by atoms with Crippen molar-refractivity contribution in [3.05, 3.63) is 59.9 Å². The molecule has 0 spiro atoms. The summed E-state index contributed by atoms with van der Waals surface area (Å²) in [5.41, 5.74) is 1.83. The fraction of sp³-hybridized carbons (Fsp3) is 0.440. The molecular weight excluding hydrogens is 422 g/mol. The molecule has 3 N–H and O–H groups in total. The number of benzene rings is 1. The molecular formula is C25H33N3O5. The number of aromatic hydroxyl groups is 1. The Morgan fingerprint density at radius 1 is 1.00 bits per heavy atom. The van der Waals surface area contributed by atoms with Gasteiger partial charge >= 0.3 is 5.97 Å². The van der Waals surface area contributed by atoms with Gasteiger partial charge in [0.2, 0.25) is 11.8 Å². The zero-order valence-electron chi connectivity index (χ0n) is 19.4. The van der Waals surface area contributed by atoms with E-state index in [0.717, 1.165) is 11.1 Å². The summed E-state index contributed by atoms with van der Waals surface area (Å²) in [6.45, 7) is 4.33. The number of aromatic nitrogens is 1. The van der Waals surface area contributed by atoms with Crippen molar-refractivity contribution in [1.82, 2.24) is 15.6 Å². The number of methoxy groups -OCH3 is 1. The van der Waals surface area contributed by atoms with E-state index in [0.29, 0.717) is 25.8 Å². The number of esters is 1. The van der Waals surface area contributed by atoms with Gasteiger partial charge in [-0.05, 0) is 54.2 Å². The van der Waals surface area contributed by atoms with Gasteiger partial charge in [-0.15, -0.1) is 0 Å². The first-order chi connectivity index (χ1) is 15.8. The zero-order chi connectivity index (χ0) is 24.2. The third-order valence-corrected chi connectivity index (χ3v) is 5.24. The Hall–Kier alpha value is -3.42. The standard InChI is InChI=1S/C25H33N3O5/c1-17(2)14-20(16-23(30)33-3)24(31)28-22(15-19-8-11-26-12-9-19)25(32)27-13-10-18-4-6-21(29)7-5-18/h4-9,11-12,17,20,22,29H,10,13-16H2,1-3H3,(H,27,32)(H,28,31)/t20-,22+/m1/s1. The van der Waals surface area contributed by atoms with Crippen LogP contribution in [-0.2, 0) is 32.0 Å². The van der Waals surface area contributed by atoms with Crippen LogP contribution in [0.1, 0.15) is 37.8 Å². The molecule has 0 saturated carbocycles. The highest BCUT2D eigenvalue weighted by atomic mass is 16.5. The Balaban J connectivity index is 2.07. The van der Waals surface area contributed by atoms with E-state index in [9.17, 15) is 19.5 Å². The van der Waals surface area contributed by atoms with E-state index in [4.69, 9.17) is 4.74 Å². The second kappa shape index (κ2) is 13.2. The molecule has 2 amide bonds. The van der Waals surface area contributed by atoms with Gasteiger partial charge in [0.15, 0.2) is 0 Å². The van der Waals surface area contributed by atoms with Crippen LogP contribution in [0.4, 0.5) is 0 Å². The van der Waals surface area contributed by atoms with Gasteiger partial charge in [-0.2, -0.15) is 0 Å². The van der Waals surface area contributed by atoms with Crippen molar-refractivity contribution in [2.45, 2.75) is 45.6 Å². The maximum absolute atomic E-state index is 13.0. The largest absolute Gasteiger partial charge is 0.508 e. The van der Waals surface area contributed by atoms with Gasteiger partial charge in [0.25, 0.3) is 0 Å². The molecule has 0 aliphatic carbocycles. The van der Waals surface area contributed by atoms with Crippen LogP contribution in [0.3, 0.4) is 0 Å². The van der Waals surface area contributed by atoms with Gasteiger partial charge in [-0.1, -0.05) is 26.0 Å². The summed E-state index contributed by atoms with van der Waals surface area (Å²) < 4.78 is 4.74. The Bertz CT molecular complexity index is 900. The Morgan fingerprint density at radius 2 is 1.67 bits per heavy atom. The average molecular weight is 456 g/mol. The number of phenols is 1. The Kier molecular flexibility index (Phi) is 10.3. The van der Waals surface area contributed by atoms with Crippen LogP contribution >= 0.6 is 0 Å². The number of carbonyl (C=O) groups is 3. The zero-order valence-corrected chi connectivity index (χ0v) is 19.4. The molecule has 0 bridgehead atoms. The number of nitrogens with zero attached hydrogens (tertiary/aromatic N) is 1. The molecule has 0 unspecified atom stereocenters. The topological polar surface area (TPSA) is 118 Å². The first-order valence-corrected chi connectivity index (χ1v) is 11.1. The summed E-state index contributed by atoms with van der Waals surface area (Å²) in [7, 11) is 1.29. The van der Waals surface area contributed by atoms with E-state index >= 15 is 0 Å². The first-order valence-electron chi connectivity index (χ1n) is 11.1. The molecule has 2 atom stereocenters. The molecule has 0 saturated heterocycles. The van der Waals surface area contributed by atoms with Crippen molar-refractivity contribution in [2.75, 3.05) is 13.7 Å². The van der Waals surface area contributed by atoms with Gasteiger partial charge in [0.05, 0.1) is 13.5 Å². The number of amides is 2. The van der Waals surface area contributed by atoms with Crippen molar-refractivity contribution in [3.8, 4) is 5.75 Å². The predicted molar refractivity (Wildman–Crippen MR) is 124 cm³/mol. The maximum atomic E-state index is 13.0. The van der Waals surface area contributed by atoms with E-state index in [1.165, 1.54) is 7.11 Å². The smallest absolute Gasteiger partial charge is 0.306 e. The van der Waals surface area contributed by atoms with Crippen molar-refractivity contribution < 1.29 is 24.2 Å². The lowest BCUT2D eigenvalue weighted by Gasteiger charge is -2.23. The van der Waals surface area contributed by atoms with E-state index in [-0.39, 0.29) is 29.9 Å². The molecule has 178 valence electrons. The van der Waals surface area contributed by atoms with Crippen LogP contribution in [-0.4, -0.2) is 47.6 Å². The highest BCUT2D eigenvalue weighted by Gasteiger charge is 2.28. The molecule has 8 nitrogen and oxygen atoms in total. The van der Waals surface area contributed by atoms with Gasteiger partial charge in [0, 0.05) is 31.3 Å². The minimum Gasteiger partial charge on any atom is -0.508 e. The number of hydrogen-bond donors (Lipinski definition) is 3. The van der Waals surface area contributed by atoms with Crippen molar-refractivity contribution in [3.63, 3.8) is 0 Å². The van der Waals surface area contributed by atoms with Crippen LogP contribution in [0.2, 0.25) is 0 Å². The van der Waals surface area contributed by atoms with Gasteiger partial charge in [0.1, 0.15) is 11.8 Å². The number of rotatable bonds is 12. The normalized spacial score (nSPS) is 12.6. The van der Waals surface area contributed by atoms with Crippen LogP contribution in [0.5, 0.6) is 5.75 Å². The lowest BCUT2D eigenvalue weighted by molar-refractivity contribution is -0.144. The lowest BCUT2D eigenvalue weighted by Crippen LogP contribution is -2.50. The van der Waals surface area contributed by atoms with E-state index in [1.54, 1.807) is 48.8 Å². The monoisotopic (exact) mass is 455 g/mol. The summed E-state index contributed by atoms with van der Waals surface area (Å²) in [6, 6.07) is 9.57. The summed E-state index contributed by atoms with van der Waals surface area (Å²) in [6.07, 6.45) is 4.62. The van der Waals surface area contributed by atoms with E-state index < -0.39 is 17.9 Å². The third-order valence-electron chi connectivity index (χ3n) is 5.24. The average Bonchev–Trinajstić information content (AvgIpc) is 2.79. The Labute approximate surface area is 194 Å². The summed E-state index contributed by atoms with van der Waals surface area (Å²) >= 11 is 0. The van der Waals surface area contributed by atoms with Crippen molar-refractivity contribution in [2.24, 2.45) is 11.8 Å². The number of phenolic OH excluding ortho intramolecular Hbond substituents is 1. The maximum Gasteiger partial charge on any atom is 0.306 e. The van der Waals surface area contributed by atoms with Gasteiger partial charge < -0.3 is 20.5 Å². The summed E-state index contributed by atoms with van der Waals surface area (Å²) in [4.78, 5) is 41.8. The van der Waals surface area contributed by atoms with E-state index in [1.807, 2.05) is 13.8 Å². The molecule has 0 fully saturated rings. The number of nitrogens with one attached hydrogen (secondary N) is 2. The molecule has 2 aromatic rings. The molecule has 2 rings (SSSR count). The Morgan fingerprint density at radius 3 is 2.27 bits per heavy atom. The molecule has 1 heterocycles. The molecule has 33 heavy (non-hydrogen) atoms. The quantitative estimate of drug-likeness (QED) is 0.423. The fourth-order valence-corrected chi connectivity index (χ4v) is 3.51. The van der Waals surface area contributed by atoms with Crippen LogP contribution in [0.15, 0.2) is 48.8 Å². The van der Waals surface area contributed by atoms with Gasteiger partial charge in [-0.25, -0.2) is 0 Å². The highest BCUT2D eigenvalue weighted by molar-refractivity contribution is 5.90. The molecule has 8 heteroatoms. The van der Waals surface area contributed by atoms with Crippen molar-refractivity contribution >= 4 is 17.8 Å². The highest BCUT2D eigenvalue weighted by Crippen LogP contribution is 2.17. The molecule has 0 aliphatic heterocycles. The first kappa shape index (κ1) is 25.8. The number of ether oxygens (including phenoxy) is 1. The number of carbonyl (C=O) groups excluding carboxylic acids is 3. The minimum atomic E-state index is -0.799. The van der Waals surface area contributed by atoms with Crippen LogP contribution < -0.4 is 10.6 Å². The van der Waals surface area contributed by atoms with E-state index in [2.05, 4.69) is 15.6 Å². The molecule has 1 aromatic heterocycles. The van der Waals surface area contributed by atoms with Gasteiger partial charge in [-0.3, -0.25) is 19.4 Å². The molecule has 0 aliphatic rings. The molecule has 1 aromatic carbocycles. The second-order valence-corrected chi connectivity index (χ2v) is 8.43. The molecule has 0 radical (unpaired) electrons. The fourth-order valence-electron chi connectivity index (χ4n) is 3.51. The lowest BCUT2D eigenvalue weighted by atomic mass is 9.92. The summed E-state index contributed by atoms with van der Waals surface area (Å²) in [5, 5.41) is 15.1. The summed E-state index contributed by atoms with van der Waals surface area (Å²) in [5.74, 6) is -1.31. The third kappa shape index (κ3) is 9.31.